The van der Waals surface area contributed by atoms with E-state index in [1.54, 1.807) is 42.9 Å². The molecule has 12 heteroatoms. The number of hydrogen-bond acceptors (Lipinski definition) is 8. The standard InChI is InChI=1S/C28H32F3N3O5S/c1-5-38-25(36)19-10-12-33(13-11-19)22(35)14-21-15-40-27-32-17(4)23(26(37)39-16(2)3)24(34(21)27)18-6-8-20(9-7-18)28(29,30)31/h6-9,15-16,19,24H,5,10-14H2,1-4H3/t24-/m1/s1. The van der Waals surface area contributed by atoms with Crippen LogP contribution in [0.25, 0.3) is 0 Å². The number of benzene rings is 1. The lowest BCUT2D eigenvalue weighted by atomic mass is 9.93. The number of nitrogens with zero attached hydrogens (tertiary/aromatic N) is 3. The van der Waals surface area contributed by atoms with Crippen molar-refractivity contribution in [3.63, 3.8) is 0 Å². The van der Waals surface area contributed by atoms with Gasteiger partial charge in [-0.2, -0.15) is 13.2 Å². The summed E-state index contributed by atoms with van der Waals surface area (Å²) in [6.07, 6.45) is -3.91. The minimum atomic E-state index is -4.51. The minimum absolute atomic E-state index is 0.00121. The first-order chi connectivity index (χ1) is 18.9. The summed E-state index contributed by atoms with van der Waals surface area (Å²) >= 11 is 1.29. The second kappa shape index (κ2) is 12.1. The average Bonchev–Trinajstić information content (AvgIpc) is 3.28. The Hall–Kier alpha value is -3.28. The van der Waals surface area contributed by atoms with Crippen LogP contribution in [0.1, 0.15) is 64.1 Å². The Morgan fingerprint density at radius 3 is 2.35 bits per heavy atom. The van der Waals surface area contributed by atoms with Crippen LogP contribution in [0.3, 0.4) is 0 Å². The Morgan fingerprint density at radius 1 is 1.12 bits per heavy atom. The lowest BCUT2D eigenvalue weighted by Gasteiger charge is -2.37. The Bertz CT molecular complexity index is 1250. The summed E-state index contributed by atoms with van der Waals surface area (Å²) in [6.45, 7) is 7.97. The van der Waals surface area contributed by atoms with Crippen molar-refractivity contribution < 1.29 is 37.0 Å². The Balaban J connectivity index is 1.60. The number of halogens is 3. The molecule has 0 unspecified atom stereocenters. The number of alkyl halides is 3. The van der Waals surface area contributed by atoms with Crippen LogP contribution >= 0.6 is 11.8 Å². The minimum Gasteiger partial charge on any atom is -0.466 e. The third kappa shape index (κ3) is 6.37. The number of esters is 2. The van der Waals surface area contributed by atoms with Crippen molar-refractivity contribution in [3.8, 4) is 0 Å². The number of amides is 1. The van der Waals surface area contributed by atoms with Gasteiger partial charge in [-0.15, -0.1) is 0 Å². The predicted molar refractivity (Wildman–Crippen MR) is 144 cm³/mol. The number of allylic oxidation sites excluding steroid dienone is 1. The van der Waals surface area contributed by atoms with Gasteiger partial charge in [-0.25, -0.2) is 9.79 Å². The van der Waals surface area contributed by atoms with Gasteiger partial charge in [0.1, 0.15) is 0 Å². The molecule has 8 nitrogen and oxygen atoms in total. The van der Waals surface area contributed by atoms with E-state index in [0.717, 1.165) is 12.1 Å². The zero-order valence-electron chi connectivity index (χ0n) is 22.8. The molecule has 0 aliphatic carbocycles. The summed E-state index contributed by atoms with van der Waals surface area (Å²) in [5.41, 5.74) is 0.811. The van der Waals surface area contributed by atoms with Gasteiger partial charge in [0, 0.05) is 18.8 Å². The first kappa shape index (κ1) is 29.7. The molecule has 1 aromatic carbocycles. The molecule has 3 aliphatic rings. The molecule has 1 fully saturated rings. The topological polar surface area (TPSA) is 88.5 Å². The van der Waals surface area contributed by atoms with E-state index in [-0.39, 0.29) is 29.8 Å². The van der Waals surface area contributed by atoms with Crippen LogP contribution < -0.4 is 0 Å². The summed E-state index contributed by atoms with van der Waals surface area (Å²) in [6, 6.07) is 3.81. The summed E-state index contributed by atoms with van der Waals surface area (Å²) in [4.78, 5) is 46.6. The van der Waals surface area contributed by atoms with E-state index in [9.17, 15) is 27.6 Å². The lowest BCUT2D eigenvalue weighted by molar-refractivity contribution is -0.151. The number of carbonyl (C=O) groups is 3. The molecule has 0 radical (unpaired) electrons. The van der Waals surface area contributed by atoms with E-state index in [1.807, 2.05) is 0 Å². The Kier molecular flexibility index (Phi) is 8.96. The Labute approximate surface area is 235 Å². The van der Waals surface area contributed by atoms with Crippen LogP contribution in [0.15, 0.2) is 51.6 Å². The second-order valence-corrected chi connectivity index (χ2v) is 10.9. The lowest BCUT2D eigenvalue weighted by Crippen LogP contribution is -2.42. The van der Waals surface area contributed by atoms with Gasteiger partial charge < -0.3 is 19.3 Å². The summed E-state index contributed by atoms with van der Waals surface area (Å²) in [5.74, 6) is -1.26. The maximum atomic E-state index is 13.3. The van der Waals surface area contributed by atoms with Crippen LogP contribution in [0.2, 0.25) is 0 Å². The molecule has 1 aromatic rings. The third-order valence-electron chi connectivity index (χ3n) is 6.92. The first-order valence-corrected chi connectivity index (χ1v) is 14.1. The van der Waals surface area contributed by atoms with Gasteiger partial charge in [0.15, 0.2) is 5.17 Å². The molecule has 1 saturated heterocycles. The normalized spacial score (nSPS) is 19.9. The van der Waals surface area contributed by atoms with Gasteiger partial charge in [0.25, 0.3) is 0 Å². The molecule has 1 amide bonds. The van der Waals surface area contributed by atoms with Crippen LogP contribution in [0.5, 0.6) is 0 Å². The quantitative estimate of drug-likeness (QED) is 0.399. The monoisotopic (exact) mass is 579 g/mol. The molecule has 1 atom stereocenters. The number of hydrogen-bond donors (Lipinski definition) is 0. The van der Waals surface area contributed by atoms with Crippen molar-refractivity contribution in [3.05, 3.63) is 57.8 Å². The number of amidine groups is 1. The fourth-order valence-corrected chi connectivity index (χ4v) is 5.93. The molecule has 0 spiro atoms. The molecule has 4 rings (SSSR count). The van der Waals surface area contributed by atoms with Gasteiger partial charge >= 0.3 is 18.1 Å². The van der Waals surface area contributed by atoms with E-state index in [0.29, 0.717) is 54.7 Å². The third-order valence-corrected chi connectivity index (χ3v) is 7.81. The van der Waals surface area contributed by atoms with Crippen LogP contribution in [-0.2, 0) is 30.0 Å². The summed E-state index contributed by atoms with van der Waals surface area (Å²) in [5, 5.41) is 2.30. The second-order valence-electron chi connectivity index (χ2n) is 10.1. The van der Waals surface area contributed by atoms with Crippen molar-refractivity contribution in [1.82, 2.24) is 9.80 Å². The van der Waals surface area contributed by atoms with Crippen molar-refractivity contribution in [1.29, 1.82) is 0 Å². The highest BCUT2D eigenvalue weighted by molar-refractivity contribution is 8.16. The molecule has 216 valence electrons. The van der Waals surface area contributed by atoms with Crippen LogP contribution in [0, 0.1) is 5.92 Å². The molecule has 0 N–H and O–H groups in total. The SMILES string of the molecule is CCOC(=O)C1CCN(C(=O)CC2=CSC3=NC(C)=C(C(=O)OC(C)C)[C@@H](c4ccc(C(F)(F)F)cc4)N23)CC1. The highest BCUT2D eigenvalue weighted by atomic mass is 32.2. The van der Waals surface area contributed by atoms with Crippen LogP contribution in [-0.4, -0.2) is 58.6 Å². The number of piperidine rings is 1. The predicted octanol–water partition coefficient (Wildman–Crippen LogP) is 5.42. The van der Waals surface area contributed by atoms with E-state index in [2.05, 4.69) is 4.99 Å². The Morgan fingerprint density at radius 2 is 1.77 bits per heavy atom. The maximum Gasteiger partial charge on any atom is 0.416 e. The molecule has 0 saturated carbocycles. The van der Waals surface area contributed by atoms with Crippen molar-refractivity contribution in [2.45, 2.75) is 65.3 Å². The molecular weight excluding hydrogens is 547 g/mol. The fourth-order valence-electron chi connectivity index (χ4n) is 4.97. The van der Waals surface area contributed by atoms with Gasteiger partial charge in [-0.1, -0.05) is 23.9 Å². The number of aliphatic imine (C=N–C) groups is 1. The molecule has 3 aliphatic heterocycles. The molecule has 0 bridgehead atoms. The van der Waals surface area contributed by atoms with Crippen molar-refractivity contribution >= 4 is 34.8 Å². The van der Waals surface area contributed by atoms with E-state index in [4.69, 9.17) is 9.47 Å². The number of ether oxygens (including phenoxy) is 2. The number of thioether (sulfide) groups is 1. The smallest absolute Gasteiger partial charge is 0.416 e. The average molecular weight is 580 g/mol. The molecular formula is C28H32F3N3O5S. The number of carbonyl (C=O) groups excluding carboxylic acids is 3. The van der Waals surface area contributed by atoms with E-state index in [1.165, 1.54) is 23.9 Å². The molecule has 40 heavy (non-hydrogen) atoms. The summed E-state index contributed by atoms with van der Waals surface area (Å²) < 4.78 is 50.4. The maximum absolute atomic E-state index is 13.3. The van der Waals surface area contributed by atoms with E-state index < -0.39 is 29.9 Å². The zero-order valence-corrected chi connectivity index (χ0v) is 23.6. The van der Waals surface area contributed by atoms with Gasteiger partial charge in [-0.3, -0.25) is 9.59 Å². The van der Waals surface area contributed by atoms with E-state index >= 15 is 0 Å². The highest BCUT2D eigenvalue weighted by Gasteiger charge is 2.42. The van der Waals surface area contributed by atoms with Crippen LogP contribution in [0.4, 0.5) is 13.2 Å². The molecule has 0 aromatic heterocycles. The fraction of sp³-hybridized carbons (Fsp3) is 0.500. The number of likely N-dealkylation sites (tertiary alicyclic amines) is 1. The van der Waals surface area contributed by atoms with Gasteiger partial charge in [0.05, 0.1) is 47.9 Å². The number of fused-ring (bicyclic) bond motifs is 1. The zero-order chi connectivity index (χ0) is 29.2. The highest BCUT2D eigenvalue weighted by Crippen LogP contribution is 2.45. The largest absolute Gasteiger partial charge is 0.466 e. The molecule has 3 heterocycles. The van der Waals surface area contributed by atoms with Gasteiger partial charge in [-0.05, 0) is 63.6 Å². The van der Waals surface area contributed by atoms with Gasteiger partial charge in [0.2, 0.25) is 5.91 Å². The van der Waals surface area contributed by atoms with Crippen molar-refractivity contribution in [2.24, 2.45) is 10.9 Å². The van der Waals surface area contributed by atoms with Crippen molar-refractivity contribution in [2.75, 3.05) is 19.7 Å². The summed E-state index contributed by atoms with van der Waals surface area (Å²) in [7, 11) is 0. The number of rotatable bonds is 7. The first-order valence-electron chi connectivity index (χ1n) is 13.2.